The SMILES string of the molecule is CNC(=O)CN1CCN(CC(=O)Nc2cc(-c3ccc4c(c3)CCC4)nn2-c2ccccc2)CC1. The fourth-order valence-corrected chi connectivity index (χ4v) is 4.88. The van der Waals surface area contributed by atoms with Gasteiger partial charge in [0.25, 0.3) is 0 Å². The molecule has 3 aromatic rings. The number of nitrogens with zero attached hydrogens (tertiary/aromatic N) is 4. The minimum Gasteiger partial charge on any atom is -0.358 e. The van der Waals surface area contributed by atoms with Gasteiger partial charge in [0, 0.05) is 44.9 Å². The number of aromatic nitrogens is 2. The number of hydrogen-bond donors (Lipinski definition) is 2. The third-order valence-corrected chi connectivity index (χ3v) is 6.85. The molecule has 0 spiro atoms. The number of hydrogen-bond acceptors (Lipinski definition) is 5. The van der Waals surface area contributed by atoms with Crippen LogP contribution in [0.2, 0.25) is 0 Å². The van der Waals surface area contributed by atoms with Crippen molar-refractivity contribution in [2.75, 3.05) is 51.6 Å². The van der Waals surface area contributed by atoms with Crippen molar-refractivity contribution < 1.29 is 9.59 Å². The van der Waals surface area contributed by atoms with Gasteiger partial charge in [-0.2, -0.15) is 5.10 Å². The van der Waals surface area contributed by atoms with Gasteiger partial charge in [-0.1, -0.05) is 30.3 Å². The number of likely N-dealkylation sites (N-methyl/N-ethyl adjacent to an activating group) is 1. The molecule has 0 radical (unpaired) electrons. The summed E-state index contributed by atoms with van der Waals surface area (Å²) in [6.07, 6.45) is 3.47. The predicted molar refractivity (Wildman–Crippen MR) is 137 cm³/mol. The highest BCUT2D eigenvalue weighted by molar-refractivity contribution is 5.92. The number of fused-ring (bicyclic) bond motifs is 1. The second kappa shape index (κ2) is 10.4. The van der Waals surface area contributed by atoms with E-state index in [2.05, 4.69) is 38.6 Å². The Balaban J connectivity index is 1.30. The summed E-state index contributed by atoms with van der Waals surface area (Å²) in [6, 6.07) is 18.4. The summed E-state index contributed by atoms with van der Waals surface area (Å²) in [6.45, 7) is 3.75. The highest BCUT2D eigenvalue weighted by Gasteiger charge is 2.22. The Bertz CT molecular complexity index is 1200. The molecular formula is C27H32N6O2. The molecule has 1 saturated heterocycles. The summed E-state index contributed by atoms with van der Waals surface area (Å²) in [4.78, 5) is 28.8. The monoisotopic (exact) mass is 472 g/mol. The summed E-state index contributed by atoms with van der Waals surface area (Å²) in [5.74, 6) is 0.613. The zero-order valence-corrected chi connectivity index (χ0v) is 20.2. The maximum Gasteiger partial charge on any atom is 0.239 e. The van der Waals surface area contributed by atoms with Gasteiger partial charge in [-0.3, -0.25) is 19.4 Å². The molecule has 0 bridgehead atoms. The van der Waals surface area contributed by atoms with Gasteiger partial charge in [-0.25, -0.2) is 4.68 Å². The molecule has 2 heterocycles. The van der Waals surface area contributed by atoms with Gasteiger partial charge in [0.1, 0.15) is 5.82 Å². The molecule has 1 aliphatic heterocycles. The Morgan fingerprint density at radius 1 is 0.857 bits per heavy atom. The van der Waals surface area contributed by atoms with Crippen molar-refractivity contribution in [2.24, 2.45) is 0 Å². The number of carbonyl (C=O) groups is 2. The van der Waals surface area contributed by atoms with Crippen LogP contribution < -0.4 is 10.6 Å². The second-order valence-corrected chi connectivity index (χ2v) is 9.27. The first-order chi connectivity index (χ1) is 17.1. The molecule has 35 heavy (non-hydrogen) atoms. The summed E-state index contributed by atoms with van der Waals surface area (Å²) < 4.78 is 1.81. The molecule has 1 aliphatic carbocycles. The van der Waals surface area contributed by atoms with Crippen LogP contribution in [-0.4, -0.2) is 77.7 Å². The maximum atomic E-state index is 13.0. The van der Waals surface area contributed by atoms with Crippen LogP contribution in [0.4, 0.5) is 5.82 Å². The van der Waals surface area contributed by atoms with Crippen molar-refractivity contribution in [1.82, 2.24) is 24.9 Å². The molecular weight excluding hydrogens is 440 g/mol. The number of aryl methyl sites for hydroxylation is 2. The van der Waals surface area contributed by atoms with Crippen LogP contribution in [-0.2, 0) is 22.4 Å². The molecule has 0 atom stereocenters. The van der Waals surface area contributed by atoms with Gasteiger partial charge < -0.3 is 10.6 Å². The number of benzene rings is 2. The van der Waals surface area contributed by atoms with Crippen molar-refractivity contribution in [2.45, 2.75) is 19.3 Å². The second-order valence-electron chi connectivity index (χ2n) is 9.27. The van der Waals surface area contributed by atoms with E-state index >= 15 is 0 Å². The lowest BCUT2D eigenvalue weighted by atomic mass is 10.0. The molecule has 2 aliphatic rings. The van der Waals surface area contributed by atoms with E-state index in [0.29, 0.717) is 18.9 Å². The van der Waals surface area contributed by atoms with Crippen molar-refractivity contribution in [3.05, 3.63) is 65.7 Å². The normalized spacial score (nSPS) is 16.1. The third-order valence-electron chi connectivity index (χ3n) is 6.85. The van der Waals surface area contributed by atoms with Crippen LogP contribution in [0, 0.1) is 0 Å². The molecule has 0 unspecified atom stereocenters. The molecule has 1 fully saturated rings. The average Bonchev–Trinajstić information content (AvgIpc) is 3.52. The van der Waals surface area contributed by atoms with E-state index in [4.69, 9.17) is 5.10 Å². The van der Waals surface area contributed by atoms with Gasteiger partial charge in [0.2, 0.25) is 11.8 Å². The Morgan fingerprint density at radius 2 is 1.54 bits per heavy atom. The highest BCUT2D eigenvalue weighted by Crippen LogP contribution is 2.30. The van der Waals surface area contributed by atoms with Gasteiger partial charge >= 0.3 is 0 Å². The number of amides is 2. The number of anilines is 1. The van der Waals surface area contributed by atoms with E-state index in [1.165, 1.54) is 17.5 Å². The van der Waals surface area contributed by atoms with Gasteiger partial charge in [-0.15, -0.1) is 0 Å². The minimum absolute atomic E-state index is 0.0181. The average molecular weight is 473 g/mol. The molecule has 2 N–H and O–H groups in total. The summed E-state index contributed by atoms with van der Waals surface area (Å²) in [5, 5.41) is 10.6. The van der Waals surface area contributed by atoms with Gasteiger partial charge in [0.05, 0.1) is 24.5 Å². The number of para-hydroxylation sites is 1. The highest BCUT2D eigenvalue weighted by atomic mass is 16.2. The smallest absolute Gasteiger partial charge is 0.239 e. The molecule has 8 nitrogen and oxygen atoms in total. The predicted octanol–water partition coefficient (Wildman–Crippen LogP) is 2.33. The largest absolute Gasteiger partial charge is 0.358 e. The van der Waals surface area contributed by atoms with E-state index in [9.17, 15) is 9.59 Å². The van der Waals surface area contributed by atoms with Crippen LogP contribution in [0.3, 0.4) is 0 Å². The van der Waals surface area contributed by atoms with Crippen molar-refractivity contribution >= 4 is 17.6 Å². The lowest BCUT2D eigenvalue weighted by molar-refractivity contribution is -0.123. The molecule has 8 heteroatoms. The summed E-state index contributed by atoms with van der Waals surface area (Å²) >= 11 is 0. The Kier molecular flexibility index (Phi) is 6.92. The zero-order chi connectivity index (χ0) is 24.2. The third kappa shape index (κ3) is 5.44. The minimum atomic E-state index is -0.0673. The maximum absolute atomic E-state index is 13.0. The van der Waals surface area contributed by atoms with E-state index < -0.39 is 0 Å². The quantitative estimate of drug-likeness (QED) is 0.552. The molecule has 0 saturated carbocycles. The summed E-state index contributed by atoms with van der Waals surface area (Å²) in [5.41, 5.74) is 5.65. The van der Waals surface area contributed by atoms with E-state index in [0.717, 1.165) is 56.0 Å². The molecule has 5 rings (SSSR count). The molecule has 182 valence electrons. The van der Waals surface area contributed by atoms with Crippen molar-refractivity contribution in [3.8, 4) is 16.9 Å². The first kappa shape index (κ1) is 23.3. The van der Waals surface area contributed by atoms with Crippen molar-refractivity contribution in [1.29, 1.82) is 0 Å². The van der Waals surface area contributed by atoms with Crippen LogP contribution in [0.25, 0.3) is 16.9 Å². The van der Waals surface area contributed by atoms with Crippen LogP contribution >= 0.6 is 0 Å². The number of carbonyl (C=O) groups excluding carboxylic acids is 2. The fourth-order valence-electron chi connectivity index (χ4n) is 4.88. The molecule has 2 amide bonds. The van der Waals surface area contributed by atoms with Crippen molar-refractivity contribution in [3.63, 3.8) is 0 Å². The Hall–Kier alpha value is -3.49. The van der Waals surface area contributed by atoms with Gasteiger partial charge in [0.15, 0.2) is 0 Å². The van der Waals surface area contributed by atoms with E-state index in [1.807, 2.05) is 41.1 Å². The lowest BCUT2D eigenvalue weighted by Crippen LogP contribution is -2.50. The first-order valence-corrected chi connectivity index (χ1v) is 12.3. The number of rotatable bonds is 7. The van der Waals surface area contributed by atoms with Gasteiger partial charge in [-0.05, 0) is 48.6 Å². The topological polar surface area (TPSA) is 82.5 Å². The van der Waals surface area contributed by atoms with Crippen LogP contribution in [0.1, 0.15) is 17.5 Å². The van der Waals surface area contributed by atoms with Crippen LogP contribution in [0.5, 0.6) is 0 Å². The Morgan fingerprint density at radius 3 is 2.26 bits per heavy atom. The van der Waals surface area contributed by atoms with E-state index in [-0.39, 0.29) is 11.8 Å². The summed E-state index contributed by atoms with van der Waals surface area (Å²) in [7, 11) is 1.65. The number of nitrogens with one attached hydrogen (secondary N) is 2. The molecule has 1 aromatic heterocycles. The number of piperazine rings is 1. The van der Waals surface area contributed by atoms with E-state index in [1.54, 1.807) is 7.05 Å². The first-order valence-electron chi connectivity index (χ1n) is 12.3. The molecule has 2 aromatic carbocycles. The van der Waals surface area contributed by atoms with Crippen LogP contribution in [0.15, 0.2) is 54.6 Å². The Labute approximate surface area is 205 Å². The fraction of sp³-hybridized carbons (Fsp3) is 0.370. The standard InChI is InChI=1S/C27H32N6O2/c1-28-26(34)18-31-12-14-32(15-13-31)19-27(35)29-25-17-24(30-33(25)23-8-3-2-4-9-23)22-11-10-20-6-5-7-21(20)16-22/h2-4,8-11,16-17H,5-7,12-15,18-19H2,1H3,(H,28,34)(H,29,35). The zero-order valence-electron chi connectivity index (χ0n) is 20.2. The lowest BCUT2D eigenvalue weighted by Gasteiger charge is -2.33.